The summed E-state index contributed by atoms with van der Waals surface area (Å²) in [5.74, 6) is 0.501. The molecular formula is C15H17FN2O. The summed E-state index contributed by atoms with van der Waals surface area (Å²) in [4.78, 5) is 0. The maximum absolute atomic E-state index is 13.4. The van der Waals surface area contributed by atoms with Gasteiger partial charge in [0.1, 0.15) is 11.6 Å². The molecule has 19 heavy (non-hydrogen) atoms. The lowest BCUT2D eigenvalue weighted by molar-refractivity contribution is 0.414. The molecule has 100 valence electrons. The zero-order valence-electron chi connectivity index (χ0n) is 11.3. The zero-order valence-corrected chi connectivity index (χ0v) is 11.3. The lowest BCUT2D eigenvalue weighted by Gasteiger charge is -2.13. The van der Waals surface area contributed by atoms with Crippen LogP contribution in [0.2, 0.25) is 0 Å². The molecule has 3 N–H and O–H groups in total. The van der Waals surface area contributed by atoms with Gasteiger partial charge in [-0.2, -0.15) is 0 Å². The molecule has 0 saturated heterocycles. The van der Waals surface area contributed by atoms with Gasteiger partial charge >= 0.3 is 0 Å². The van der Waals surface area contributed by atoms with E-state index in [-0.39, 0.29) is 5.82 Å². The van der Waals surface area contributed by atoms with E-state index in [1.165, 1.54) is 6.07 Å². The fourth-order valence-corrected chi connectivity index (χ4v) is 1.85. The van der Waals surface area contributed by atoms with E-state index in [1.54, 1.807) is 20.1 Å². The largest absolute Gasteiger partial charge is 0.497 e. The van der Waals surface area contributed by atoms with Crippen molar-refractivity contribution in [2.45, 2.75) is 13.8 Å². The van der Waals surface area contributed by atoms with E-state index < -0.39 is 0 Å². The summed E-state index contributed by atoms with van der Waals surface area (Å²) in [5.41, 5.74) is 9.41. The molecular weight excluding hydrogens is 243 g/mol. The molecule has 0 aliphatic carbocycles. The van der Waals surface area contributed by atoms with Crippen LogP contribution in [0, 0.1) is 19.7 Å². The molecule has 0 radical (unpaired) electrons. The van der Waals surface area contributed by atoms with Gasteiger partial charge in [-0.1, -0.05) is 0 Å². The van der Waals surface area contributed by atoms with Crippen molar-refractivity contribution < 1.29 is 9.13 Å². The first-order chi connectivity index (χ1) is 9.01. The number of benzene rings is 2. The third-order valence-electron chi connectivity index (χ3n) is 3.03. The van der Waals surface area contributed by atoms with Gasteiger partial charge in [-0.3, -0.25) is 0 Å². The molecule has 2 rings (SSSR count). The zero-order chi connectivity index (χ0) is 14.0. The monoisotopic (exact) mass is 260 g/mol. The fraction of sp³-hybridized carbons (Fsp3) is 0.200. The van der Waals surface area contributed by atoms with E-state index in [4.69, 9.17) is 10.5 Å². The number of nitrogen functional groups attached to an aromatic ring is 1. The molecule has 0 aliphatic rings. The van der Waals surface area contributed by atoms with Crippen LogP contribution < -0.4 is 15.8 Å². The van der Waals surface area contributed by atoms with Gasteiger partial charge in [-0.25, -0.2) is 4.39 Å². The lowest BCUT2D eigenvalue weighted by Crippen LogP contribution is -2.00. The first kappa shape index (κ1) is 13.2. The van der Waals surface area contributed by atoms with E-state index >= 15 is 0 Å². The summed E-state index contributed by atoms with van der Waals surface area (Å²) in [6, 6.07) is 8.73. The molecule has 0 spiro atoms. The topological polar surface area (TPSA) is 47.3 Å². The van der Waals surface area contributed by atoms with Gasteiger partial charge in [0.05, 0.1) is 18.5 Å². The van der Waals surface area contributed by atoms with Gasteiger partial charge in [-0.15, -0.1) is 0 Å². The highest BCUT2D eigenvalue weighted by Crippen LogP contribution is 2.29. The highest BCUT2D eigenvalue weighted by molar-refractivity contribution is 5.74. The average Bonchev–Trinajstić information content (AvgIpc) is 2.38. The van der Waals surface area contributed by atoms with Gasteiger partial charge < -0.3 is 15.8 Å². The molecule has 0 heterocycles. The molecule has 0 aliphatic heterocycles. The highest BCUT2D eigenvalue weighted by Gasteiger charge is 2.07. The molecule has 2 aromatic carbocycles. The van der Waals surface area contributed by atoms with Crippen molar-refractivity contribution in [2.24, 2.45) is 0 Å². The van der Waals surface area contributed by atoms with Crippen molar-refractivity contribution in [3.63, 3.8) is 0 Å². The smallest absolute Gasteiger partial charge is 0.128 e. The Morgan fingerprint density at radius 1 is 1.05 bits per heavy atom. The standard InChI is InChI=1S/C15H17FN2O/c1-9-7-15(13(17)8-12(9)16)18-14-5-4-11(19-3)6-10(14)2/h4-8,18H,17H2,1-3H3. The van der Waals surface area contributed by atoms with Crippen LogP contribution in [0.5, 0.6) is 5.75 Å². The number of ether oxygens (including phenoxy) is 1. The Balaban J connectivity index is 2.33. The summed E-state index contributed by atoms with van der Waals surface area (Å²) < 4.78 is 18.5. The van der Waals surface area contributed by atoms with Gasteiger partial charge in [0.2, 0.25) is 0 Å². The van der Waals surface area contributed by atoms with E-state index in [2.05, 4.69) is 5.32 Å². The first-order valence-corrected chi connectivity index (χ1v) is 5.98. The van der Waals surface area contributed by atoms with Crippen molar-refractivity contribution >= 4 is 17.1 Å². The van der Waals surface area contributed by atoms with Gasteiger partial charge in [0.25, 0.3) is 0 Å². The summed E-state index contributed by atoms with van der Waals surface area (Å²) >= 11 is 0. The molecule has 0 atom stereocenters. The van der Waals surface area contributed by atoms with E-state index in [0.29, 0.717) is 16.9 Å². The number of rotatable bonds is 3. The summed E-state index contributed by atoms with van der Waals surface area (Å²) in [6.07, 6.45) is 0. The number of halogens is 1. The SMILES string of the molecule is COc1ccc(Nc2cc(C)c(F)cc2N)c(C)c1. The van der Waals surface area contributed by atoms with Crippen LogP contribution in [-0.2, 0) is 0 Å². The van der Waals surface area contributed by atoms with Gasteiger partial charge in [-0.05, 0) is 55.3 Å². The van der Waals surface area contributed by atoms with Crippen LogP contribution in [0.4, 0.5) is 21.5 Å². The fourth-order valence-electron chi connectivity index (χ4n) is 1.85. The van der Waals surface area contributed by atoms with Crippen molar-refractivity contribution in [1.29, 1.82) is 0 Å². The highest BCUT2D eigenvalue weighted by atomic mass is 19.1. The predicted octanol–water partition coefficient (Wildman–Crippen LogP) is 3.78. The first-order valence-electron chi connectivity index (χ1n) is 5.98. The minimum Gasteiger partial charge on any atom is -0.497 e. The third kappa shape index (κ3) is 2.78. The normalized spacial score (nSPS) is 10.3. The maximum Gasteiger partial charge on any atom is 0.128 e. The van der Waals surface area contributed by atoms with Crippen molar-refractivity contribution in [1.82, 2.24) is 0 Å². The molecule has 0 fully saturated rings. The molecule has 0 saturated carbocycles. The predicted molar refractivity (Wildman–Crippen MR) is 76.6 cm³/mol. The Morgan fingerprint density at radius 2 is 1.79 bits per heavy atom. The van der Waals surface area contributed by atoms with E-state index in [0.717, 1.165) is 17.0 Å². The molecule has 0 aromatic heterocycles. The minimum absolute atomic E-state index is 0.297. The summed E-state index contributed by atoms with van der Waals surface area (Å²) in [7, 11) is 1.63. The minimum atomic E-state index is -0.297. The Labute approximate surface area is 112 Å². The van der Waals surface area contributed by atoms with Gasteiger partial charge in [0.15, 0.2) is 0 Å². The quantitative estimate of drug-likeness (QED) is 0.826. The number of aryl methyl sites for hydroxylation is 2. The Hall–Kier alpha value is -2.23. The lowest BCUT2D eigenvalue weighted by atomic mass is 10.1. The van der Waals surface area contributed by atoms with Crippen molar-refractivity contribution in [3.05, 3.63) is 47.3 Å². The van der Waals surface area contributed by atoms with Crippen LogP contribution in [-0.4, -0.2) is 7.11 Å². The summed E-state index contributed by atoms with van der Waals surface area (Å²) in [5, 5.41) is 3.21. The van der Waals surface area contributed by atoms with Crippen molar-refractivity contribution in [3.8, 4) is 5.75 Å². The number of nitrogens with two attached hydrogens (primary N) is 1. The van der Waals surface area contributed by atoms with Crippen LogP contribution in [0.15, 0.2) is 30.3 Å². The second kappa shape index (κ2) is 5.18. The molecule has 3 nitrogen and oxygen atoms in total. The summed E-state index contributed by atoms with van der Waals surface area (Å²) in [6.45, 7) is 3.68. The third-order valence-corrected chi connectivity index (χ3v) is 3.03. The molecule has 4 heteroatoms. The molecule has 2 aromatic rings. The maximum atomic E-state index is 13.4. The number of methoxy groups -OCH3 is 1. The number of nitrogens with one attached hydrogen (secondary N) is 1. The van der Waals surface area contributed by atoms with Crippen LogP contribution in [0.1, 0.15) is 11.1 Å². The number of hydrogen-bond acceptors (Lipinski definition) is 3. The Morgan fingerprint density at radius 3 is 2.42 bits per heavy atom. The van der Waals surface area contributed by atoms with E-state index in [1.807, 2.05) is 25.1 Å². The van der Waals surface area contributed by atoms with Crippen molar-refractivity contribution in [2.75, 3.05) is 18.2 Å². The Bertz CT molecular complexity index is 611. The average molecular weight is 260 g/mol. The van der Waals surface area contributed by atoms with Crippen LogP contribution >= 0.6 is 0 Å². The number of hydrogen-bond donors (Lipinski definition) is 2. The van der Waals surface area contributed by atoms with Crippen LogP contribution in [0.3, 0.4) is 0 Å². The van der Waals surface area contributed by atoms with Crippen LogP contribution in [0.25, 0.3) is 0 Å². The molecule has 0 amide bonds. The van der Waals surface area contributed by atoms with E-state index in [9.17, 15) is 4.39 Å². The molecule has 0 unspecified atom stereocenters. The second-order valence-electron chi connectivity index (χ2n) is 4.49. The Kier molecular flexibility index (Phi) is 3.60. The second-order valence-corrected chi connectivity index (χ2v) is 4.49. The van der Waals surface area contributed by atoms with Gasteiger partial charge in [0, 0.05) is 5.69 Å². The molecule has 0 bridgehead atoms. The number of anilines is 3.